The molecule has 0 aromatic carbocycles. The Morgan fingerprint density at radius 3 is 2.41 bits per heavy atom. The van der Waals surface area contributed by atoms with E-state index in [1.165, 1.54) is 0 Å². The van der Waals surface area contributed by atoms with Crippen molar-refractivity contribution in [2.45, 2.75) is 0 Å². The molecule has 0 aliphatic carbocycles. The summed E-state index contributed by atoms with van der Waals surface area (Å²) in [6.45, 7) is 1.08. The Balaban J connectivity index is 1.83. The number of carbonyl (C=O) groups is 2. The van der Waals surface area contributed by atoms with Crippen LogP contribution in [-0.4, -0.2) is 29.9 Å². The molecule has 17 heavy (non-hydrogen) atoms. The largest absolute Gasteiger partial charge is 0.397 e. The summed E-state index contributed by atoms with van der Waals surface area (Å²) in [6, 6.07) is 3.57. The Hall–Kier alpha value is -2.11. The van der Waals surface area contributed by atoms with Gasteiger partial charge in [-0.15, -0.1) is 0 Å². The number of pyridine rings is 1. The van der Waals surface area contributed by atoms with Crippen LogP contribution in [0.4, 0.5) is 11.5 Å². The fourth-order valence-electron chi connectivity index (χ4n) is 2.41. The average Bonchev–Trinajstić information content (AvgIpc) is 2.83. The normalized spacial score (nSPS) is 27.2. The van der Waals surface area contributed by atoms with Gasteiger partial charge in [0, 0.05) is 13.1 Å². The molecule has 3 N–H and O–H groups in total. The van der Waals surface area contributed by atoms with E-state index in [1.807, 2.05) is 4.90 Å². The molecule has 2 saturated heterocycles. The van der Waals surface area contributed by atoms with E-state index in [0.717, 1.165) is 5.82 Å². The molecule has 1 aromatic heterocycles. The number of aromatic nitrogens is 1. The summed E-state index contributed by atoms with van der Waals surface area (Å²) in [5.41, 5.74) is 6.16. The number of anilines is 2. The highest BCUT2D eigenvalue weighted by molar-refractivity contribution is 6.06. The maximum Gasteiger partial charge on any atom is 0.232 e. The van der Waals surface area contributed by atoms with Gasteiger partial charge in [-0.3, -0.25) is 14.9 Å². The summed E-state index contributed by atoms with van der Waals surface area (Å²) < 4.78 is 0. The third-order valence-corrected chi connectivity index (χ3v) is 3.33. The summed E-state index contributed by atoms with van der Waals surface area (Å²) in [4.78, 5) is 29.1. The molecule has 6 heteroatoms. The van der Waals surface area contributed by atoms with E-state index in [9.17, 15) is 9.59 Å². The van der Waals surface area contributed by atoms with Crippen LogP contribution in [0.5, 0.6) is 0 Å². The van der Waals surface area contributed by atoms with Crippen molar-refractivity contribution in [2.24, 2.45) is 11.8 Å². The second-order valence-corrected chi connectivity index (χ2v) is 4.42. The second-order valence-electron chi connectivity index (χ2n) is 4.42. The Kier molecular flexibility index (Phi) is 2.04. The number of fused-ring (bicyclic) bond motifs is 1. The summed E-state index contributed by atoms with van der Waals surface area (Å²) in [5, 5.41) is 2.35. The van der Waals surface area contributed by atoms with Crippen LogP contribution in [0.15, 0.2) is 18.3 Å². The van der Waals surface area contributed by atoms with E-state index in [1.54, 1.807) is 18.3 Å². The van der Waals surface area contributed by atoms with E-state index in [2.05, 4.69) is 10.3 Å². The van der Waals surface area contributed by atoms with Crippen molar-refractivity contribution in [3.05, 3.63) is 18.3 Å². The monoisotopic (exact) mass is 232 g/mol. The Bertz CT molecular complexity index is 463. The smallest absolute Gasteiger partial charge is 0.232 e. The zero-order valence-electron chi connectivity index (χ0n) is 9.09. The number of hydrogen-bond acceptors (Lipinski definition) is 5. The van der Waals surface area contributed by atoms with Crippen molar-refractivity contribution in [3.8, 4) is 0 Å². The minimum atomic E-state index is -0.234. The molecule has 3 heterocycles. The van der Waals surface area contributed by atoms with Gasteiger partial charge in [0.25, 0.3) is 0 Å². The lowest BCUT2D eigenvalue weighted by Crippen LogP contribution is -2.31. The molecule has 6 nitrogen and oxygen atoms in total. The molecule has 2 amide bonds. The number of rotatable bonds is 1. The molecule has 0 spiro atoms. The Labute approximate surface area is 97.8 Å². The third-order valence-electron chi connectivity index (χ3n) is 3.33. The molecule has 88 valence electrons. The first-order valence-corrected chi connectivity index (χ1v) is 5.46. The molecule has 2 fully saturated rings. The fraction of sp³-hybridized carbons (Fsp3) is 0.364. The minimum absolute atomic E-state index is 0.169. The lowest BCUT2D eigenvalue weighted by atomic mass is 10.00. The number of carbonyl (C=O) groups excluding carboxylic acids is 2. The van der Waals surface area contributed by atoms with Crippen molar-refractivity contribution in [3.63, 3.8) is 0 Å². The van der Waals surface area contributed by atoms with Crippen LogP contribution < -0.4 is 16.0 Å². The third kappa shape index (κ3) is 1.52. The SMILES string of the molecule is Nc1ccc(N2CC3C(=O)NC(=O)C3C2)nc1. The molecular formula is C11H12N4O2. The van der Waals surface area contributed by atoms with Gasteiger partial charge in [0.05, 0.1) is 23.7 Å². The molecule has 3 rings (SSSR count). The number of nitrogen functional groups attached to an aromatic ring is 1. The zero-order chi connectivity index (χ0) is 12.0. The van der Waals surface area contributed by atoms with Gasteiger partial charge in [0.15, 0.2) is 0 Å². The van der Waals surface area contributed by atoms with Crippen molar-refractivity contribution in [1.82, 2.24) is 10.3 Å². The standard InChI is InChI=1S/C11H12N4O2/c12-6-1-2-9(13-3-6)15-4-7-8(5-15)11(17)14-10(7)16/h1-3,7-8H,4-5,12H2,(H,14,16,17). The highest BCUT2D eigenvalue weighted by Crippen LogP contribution is 2.30. The maximum atomic E-state index is 11.5. The molecular weight excluding hydrogens is 220 g/mol. The number of nitrogens with one attached hydrogen (secondary N) is 1. The Morgan fingerprint density at radius 1 is 1.24 bits per heavy atom. The van der Waals surface area contributed by atoms with E-state index < -0.39 is 0 Å². The number of nitrogens with two attached hydrogens (primary N) is 1. The van der Waals surface area contributed by atoms with E-state index in [4.69, 9.17) is 5.73 Å². The number of nitrogens with zero attached hydrogens (tertiary/aromatic N) is 2. The van der Waals surface area contributed by atoms with Gasteiger partial charge in [-0.25, -0.2) is 4.98 Å². The topological polar surface area (TPSA) is 88.3 Å². The minimum Gasteiger partial charge on any atom is -0.397 e. The highest BCUT2D eigenvalue weighted by Gasteiger charge is 2.47. The molecule has 0 saturated carbocycles. The number of amides is 2. The molecule has 0 radical (unpaired) electrons. The van der Waals surface area contributed by atoms with Crippen LogP contribution in [0.3, 0.4) is 0 Å². The van der Waals surface area contributed by atoms with Gasteiger partial charge in [0.2, 0.25) is 11.8 Å². The van der Waals surface area contributed by atoms with E-state index in [0.29, 0.717) is 18.8 Å². The summed E-state index contributed by atoms with van der Waals surface area (Å²) >= 11 is 0. The molecule has 2 atom stereocenters. The summed E-state index contributed by atoms with van der Waals surface area (Å²) in [7, 11) is 0. The zero-order valence-corrected chi connectivity index (χ0v) is 9.09. The lowest BCUT2D eigenvalue weighted by molar-refractivity contribution is -0.126. The lowest BCUT2D eigenvalue weighted by Gasteiger charge is -2.17. The molecule has 1 aromatic rings. The van der Waals surface area contributed by atoms with Gasteiger partial charge < -0.3 is 10.6 Å². The second kappa shape index (κ2) is 3.44. The van der Waals surface area contributed by atoms with Crippen LogP contribution in [-0.2, 0) is 9.59 Å². The van der Waals surface area contributed by atoms with Crippen LogP contribution in [0.1, 0.15) is 0 Å². The van der Waals surface area contributed by atoms with Crippen molar-refractivity contribution >= 4 is 23.3 Å². The van der Waals surface area contributed by atoms with E-state index >= 15 is 0 Å². The maximum absolute atomic E-state index is 11.5. The van der Waals surface area contributed by atoms with Crippen molar-refractivity contribution < 1.29 is 9.59 Å². The van der Waals surface area contributed by atoms with Gasteiger partial charge in [-0.1, -0.05) is 0 Å². The molecule has 2 aliphatic rings. The van der Waals surface area contributed by atoms with Gasteiger partial charge in [-0.2, -0.15) is 0 Å². The van der Waals surface area contributed by atoms with Crippen LogP contribution in [0, 0.1) is 11.8 Å². The predicted octanol–water partition coefficient (Wildman–Crippen LogP) is -0.627. The molecule has 0 bridgehead atoms. The first kappa shape index (κ1) is 10.1. The summed E-state index contributed by atoms with van der Waals surface area (Å²) in [6.07, 6.45) is 1.57. The van der Waals surface area contributed by atoms with Crippen LogP contribution in [0.2, 0.25) is 0 Å². The summed E-state index contributed by atoms with van der Waals surface area (Å²) in [5.74, 6) is -0.0474. The highest BCUT2D eigenvalue weighted by atomic mass is 16.2. The number of imide groups is 1. The predicted molar refractivity (Wildman–Crippen MR) is 61.0 cm³/mol. The molecule has 2 aliphatic heterocycles. The first-order chi connectivity index (χ1) is 8.15. The van der Waals surface area contributed by atoms with Crippen molar-refractivity contribution in [2.75, 3.05) is 23.7 Å². The Morgan fingerprint density at radius 2 is 1.88 bits per heavy atom. The fourth-order valence-corrected chi connectivity index (χ4v) is 2.41. The van der Waals surface area contributed by atoms with Crippen LogP contribution in [0.25, 0.3) is 0 Å². The molecule has 2 unspecified atom stereocenters. The average molecular weight is 232 g/mol. The number of hydrogen-bond donors (Lipinski definition) is 2. The van der Waals surface area contributed by atoms with Gasteiger partial charge >= 0.3 is 0 Å². The quantitative estimate of drug-likeness (QED) is 0.629. The van der Waals surface area contributed by atoms with Gasteiger partial charge in [-0.05, 0) is 12.1 Å². The van der Waals surface area contributed by atoms with Crippen molar-refractivity contribution in [1.29, 1.82) is 0 Å². The van der Waals surface area contributed by atoms with Gasteiger partial charge in [0.1, 0.15) is 5.82 Å². The van der Waals surface area contributed by atoms with E-state index in [-0.39, 0.29) is 23.7 Å². The van der Waals surface area contributed by atoms with Crippen LogP contribution >= 0.6 is 0 Å². The first-order valence-electron chi connectivity index (χ1n) is 5.46.